The number of fused-ring (bicyclic) bond motifs is 1. The third-order valence-electron chi connectivity index (χ3n) is 3.76. The smallest absolute Gasteiger partial charge is 0.160 e. The van der Waals surface area contributed by atoms with Crippen LogP contribution in [0, 0.1) is 11.6 Å². The zero-order valence-electron chi connectivity index (χ0n) is 12.4. The third kappa shape index (κ3) is 2.50. The van der Waals surface area contributed by atoms with Crippen LogP contribution < -0.4 is 0 Å². The van der Waals surface area contributed by atoms with Gasteiger partial charge in [-0.2, -0.15) is 0 Å². The molecule has 0 bridgehead atoms. The van der Waals surface area contributed by atoms with Gasteiger partial charge >= 0.3 is 0 Å². The first-order chi connectivity index (χ1) is 11.7. The number of rotatable bonds is 2. The maximum Gasteiger partial charge on any atom is 0.160 e. The van der Waals surface area contributed by atoms with Crippen molar-refractivity contribution >= 4 is 11.0 Å². The summed E-state index contributed by atoms with van der Waals surface area (Å²) in [6.45, 7) is 0. The maximum absolute atomic E-state index is 14.2. The van der Waals surface area contributed by atoms with E-state index >= 15 is 0 Å². The monoisotopic (exact) mass is 319 g/mol. The summed E-state index contributed by atoms with van der Waals surface area (Å²) in [7, 11) is 0. The van der Waals surface area contributed by atoms with Crippen molar-refractivity contribution in [2.75, 3.05) is 0 Å². The van der Waals surface area contributed by atoms with Crippen LogP contribution in [0.2, 0.25) is 0 Å². The van der Waals surface area contributed by atoms with Crippen LogP contribution in [-0.4, -0.2) is 15.0 Å². The molecular formula is C19H11F2N3. The van der Waals surface area contributed by atoms with Crippen molar-refractivity contribution in [1.82, 2.24) is 15.0 Å². The lowest BCUT2D eigenvalue weighted by Gasteiger charge is -2.10. The molecule has 0 N–H and O–H groups in total. The van der Waals surface area contributed by atoms with Gasteiger partial charge < -0.3 is 0 Å². The van der Waals surface area contributed by atoms with E-state index in [4.69, 9.17) is 0 Å². The molecule has 0 aliphatic heterocycles. The van der Waals surface area contributed by atoms with Crippen LogP contribution in [-0.2, 0) is 0 Å². The molecule has 0 radical (unpaired) electrons. The first kappa shape index (κ1) is 14.4. The molecule has 5 heteroatoms. The van der Waals surface area contributed by atoms with Crippen LogP contribution in [0.1, 0.15) is 0 Å². The summed E-state index contributed by atoms with van der Waals surface area (Å²) < 4.78 is 27.7. The quantitative estimate of drug-likeness (QED) is 0.540. The van der Waals surface area contributed by atoms with Crippen LogP contribution in [0.3, 0.4) is 0 Å². The van der Waals surface area contributed by atoms with Gasteiger partial charge in [-0.3, -0.25) is 4.98 Å². The van der Waals surface area contributed by atoms with Gasteiger partial charge in [-0.1, -0.05) is 6.07 Å². The highest BCUT2D eigenvalue weighted by atomic mass is 19.1. The summed E-state index contributed by atoms with van der Waals surface area (Å²) in [5, 5.41) is 0.825. The second-order valence-electron chi connectivity index (χ2n) is 5.30. The van der Waals surface area contributed by atoms with E-state index in [0.717, 1.165) is 34.7 Å². The Bertz CT molecular complexity index is 1030. The van der Waals surface area contributed by atoms with Crippen molar-refractivity contribution in [3.63, 3.8) is 0 Å². The lowest BCUT2D eigenvalue weighted by molar-refractivity contribution is 0.602. The molecule has 0 saturated heterocycles. The molecule has 0 aliphatic carbocycles. The molecule has 0 atom stereocenters. The zero-order chi connectivity index (χ0) is 16.5. The van der Waals surface area contributed by atoms with E-state index < -0.39 is 11.6 Å². The van der Waals surface area contributed by atoms with E-state index in [0.29, 0.717) is 11.3 Å². The minimum Gasteiger partial charge on any atom is -0.264 e. The van der Waals surface area contributed by atoms with Gasteiger partial charge in [0.25, 0.3) is 0 Å². The molecule has 0 unspecified atom stereocenters. The van der Waals surface area contributed by atoms with E-state index in [1.165, 1.54) is 0 Å². The number of benzene rings is 1. The summed E-state index contributed by atoms with van der Waals surface area (Å²) in [6, 6.07) is 12.5. The predicted molar refractivity (Wildman–Crippen MR) is 88.1 cm³/mol. The van der Waals surface area contributed by atoms with Gasteiger partial charge in [0, 0.05) is 35.1 Å². The van der Waals surface area contributed by atoms with Crippen LogP contribution in [0.25, 0.3) is 33.4 Å². The molecule has 0 aliphatic rings. The summed E-state index contributed by atoms with van der Waals surface area (Å²) in [6.07, 6.45) is 5.01. The maximum atomic E-state index is 14.2. The number of halogens is 2. The van der Waals surface area contributed by atoms with Gasteiger partial charge in [0.05, 0.1) is 5.69 Å². The van der Waals surface area contributed by atoms with Gasteiger partial charge in [0.15, 0.2) is 5.65 Å². The van der Waals surface area contributed by atoms with Crippen molar-refractivity contribution < 1.29 is 8.78 Å². The van der Waals surface area contributed by atoms with Gasteiger partial charge in [-0.15, -0.1) is 0 Å². The van der Waals surface area contributed by atoms with Crippen LogP contribution in [0.5, 0.6) is 0 Å². The molecule has 0 spiro atoms. The molecule has 3 nitrogen and oxygen atoms in total. The van der Waals surface area contributed by atoms with Gasteiger partial charge in [-0.25, -0.2) is 18.7 Å². The van der Waals surface area contributed by atoms with Crippen molar-refractivity contribution in [3.8, 4) is 22.4 Å². The van der Waals surface area contributed by atoms with E-state index in [1.807, 2.05) is 24.3 Å². The van der Waals surface area contributed by atoms with Gasteiger partial charge in [0.2, 0.25) is 0 Å². The molecule has 4 rings (SSSR count). The molecule has 0 fully saturated rings. The largest absolute Gasteiger partial charge is 0.264 e. The molecule has 0 amide bonds. The highest BCUT2D eigenvalue weighted by Crippen LogP contribution is 2.32. The lowest BCUT2D eigenvalue weighted by atomic mass is 10.0. The highest BCUT2D eigenvalue weighted by molar-refractivity contribution is 5.94. The second-order valence-corrected chi connectivity index (χ2v) is 5.30. The van der Waals surface area contributed by atoms with E-state index in [-0.39, 0.29) is 5.56 Å². The molecule has 24 heavy (non-hydrogen) atoms. The van der Waals surface area contributed by atoms with Crippen LogP contribution in [0.4, 0.5) is 8.78 Å². The number of nitrogens with zero attached hydrogens (tertiary/aromatic N) is 3. The fourth-order valence-electron chi connectivity index (χ4n) is 2.65. The van der Waals surface area contributed by atoms with E-state index in [1.54, 1.807) is 24.7 Å². The lowest BCUT2D eigenvalue weighted by Crippen LogP contribution is -1.94. The summed E-state index contributed by atoms with van der Waals surface area (Å²) in [5.74, 6) is -1.05. The molecule has 0 saturated carbocycles. The Balaban J connectivity index is 2.03. The van der Waals surface area contributed by atoms with E-state index in [9.17, 15) is 8.78 Å². The average molecular weight is 319 g/mol. The Labute approximate surface area is 136 Å². The predicted octanol–water partition coefficient (Wildman–Crippen LogP) is 4.64. The van der Waals surface area contributed by atoms with Crippen molar-refractivity contribution in [2.24, 2.45) is 0 Å². The third-order valence-corrected chi connectivity index (χ3v) is 3.76. The first-order valence-electron chi connectivity index (χ1n) is 7.34. The Morgan fingerprint density at radius 3 is 2.54 bits per heavy atom. The number of hydrogen-bond acceptors (Lipinski definition) is 3. The molecule has 1 aromatic carbocycles. The Morgan fingerprint density at radius 1 is 0.833 bits per heavy atom. The van der Waals surface area contributed by atoms with E-state index in [2.05, 4.69) is 15.0 Å². The number of pyridine rings is 3. The Kier molecular flexibility index (Phi) is 3.46. The molecule has 116 valence electrons. The Hall–Kier alpha value is -3.21. The van der Waals surface area contributed by atoms with Crippen molar-refractivity contribution in [1.29, 1.82) is 0 Å². The van der Waals surface area contributed by atoms with Crippen molar-refractivity contribution in [3.05, 3.63) is 78.8 Å². The first-order valence-corrected chi connectivity index (χ1v) is 7.34. The standard InChI is InChI=1S/C19H11F2N3/c20-13-5-6-17(21)16(9-13)18-10-15(12-3-1-7-22-11-12)14-4-2-8-23-19(14)24-18/h1-11H. The molecule has 4 aromatic rings. The summed E-state index contributed by atoms with van der Waals surface area (Å²) >= 11 is 0. The second kappa shape index (κ2) is 5.77. The summed E-state index contributed by atoms with van der Waals surface area (Å²) in [4.78, 5) is 12.8. The number of hydrogen-bond donors (Lipinski definition) is 0. The topological polar surface area (TPSA) is 38.7 Å². The molecule has 3 aromatic heterocycles. The minimum absolute atomic E-state index is 0.104. The van der Waals surface area contributed by atoms with Crippen LogP contribution >= 0.6 is 0 Å². The van der Waals surface area contributed by atoms with Crippen molar-refractivity contribution in [2.45, 2.75) is 0 Å². The van der Waals surface area contributed by atoms with Crippen LogP contribution in [0.15, 0.2) is 67.1 Å². The summed E-state index contributed by atoms with van der Waals surface area (Å²) in [5.41, 5.74) is 2.58. The van der Waals surface area contributed by atoms with Gasteiger partial charge in [-0.05, 0) is 48.0 Å². The Morgan fingerprint density at radius 2 is 1.71 bits per heavy atom. The fourth-order valence-corrected chi connectivity index (χ4v) is 2.65. The minimum atomic E-state index is -0.531. The SMILES string of the molecule is Fc1ccc(F)c(-c2cc(-c3cccnc3)c3cccnc3n2)c1. The van der Waals surface area contributed by atoms with Gasteiger partial charge in [0.1, 0.15) is 11.6 Å². The number of aromatic nitrogens is 3. The molecular weight excluding hydrogens is 308 g/mol. The highest BCUT2D eigenvalue weighted by Gasteiger charge is 2.13. The average Bonchev–Trinajstić information content (AvgIpc) is 2.63. The molecule has 3 heterocycles. The zero-order valence-corrected chi connectivity index (χ0v) is 12.4. The normalized spacial score (nSPS) is 10.9. The fraction of sp³-hybridized carbons (Fsp3) is 0.